The Balaban J connectivity index is 0.00000441. The minimum Gasteiger partial charge on any atom is -0.385 e. The fourth-order valence-corrected chi connectivity index (χ4v) is 2.18. The SMILES string of the molecule is CN=C(NCCCOC)NCC(C)(C)Cc1ccccc1.I. The van der Waals surface area contributed by atoms with Gasteiger partial charge in [0.2, 0.25) is 0 Å². The van der Waals surface area contributed by atoms with Crippen molar-refractivity contribution in [2.45, 2.75) is 26.7 Å². The molecule has 22 heavy (non-hydrogen) atoms. The summed E-state index contributed by atoms with van der Waals surface area (Å²) in [5, 5.41) is 6.70. The van der Waals surface area contributed by atoms with Gasteiger partial charge in [0.15, 0.2) is 5.96 Å². The van der Waals surface area contributed by atoms with Gasteiger partial charge in [-0.2, -0.15) is 0 Å². The van der Waals surface area contributed by atoms with Crippen molar-refractivity contribution < 1.29 is 4.74 Å². The summed E-state index contributed by atoms with van der Waals surface area (Å²) in [5.41, 5.74) is 1.54. The molecular formula is C17H30IN3O. The van der Waals surface area contributed by atoms with Crippen LogP contribution in [0.5, 0.6) is 0 Å². The lowest BCUT2D eigenvalue weighted by molar-refractivity contribution is 0.195. The highest BCUT2D eigenvalue weighted by Crippen LogP contribution is 2.20. The average Bonchev–Trinajstić information content (AvgIpc) is 2.47. The van der Waals surface area contributed by atoms with E-state index in [4.69, 9.17) is 4.74 Å². The number of hydrogen-bond acceptors (Lipinski definition) is 2. The maximum Gasteiger partial charge on any atom is 0.190 e. The Morgan fingerprint density at radius 2 is 1.86 bits per heavy atom. The van der Waals surface area contributed by atoms with Crippen molar-refractivity contribution >= 4 is 29.9 Å². The van der Waals surface area contributed by atoms with Gasteiger partial charge >= 0.3 is 0 Å². The lowest BCUT2D eigenvalue weighted by Gasteiger charge is -2.26. The van der Waals surface area contributed by atoms with Crippen molar-refractivity contribution in [2.75, 3.05) is 33.9 Å². The molecule has 0 atom stereocenters. The van der Waals surface area contributed by atoms with E-state index in [1.54, 1.807) is 14.2 Å². The fraction of sp³-hybridized carbons (Fsp3) is 0.588. The maximum atomic E-state index is 5.04. The van der Waals surface area contributed by atoms with E-state index in [1.807, 2.05) is 0 Å². The van der Waals surface area contributed by atoms with Gasteiger partial charge in [-0.25, -0.2) is 0 Å². The summed E-state index contributed by atoms with van der Waals surface area (Å²) >= 11 is 0. The Hall–Kier alpha value is -0.820. The van der Waals surface area contributed by atoms with E-state index in [0.717, 1.165) is 38.5 Å². The third kappa shape index (κ3) is 9.25. The van der Waals surface area contributed by atoms with Crippen LogP contribution < -0.4 is 10.6 Å². The third-order valence-electron chi connectivity index (χ3n) is 3.30. The van der Waals surface area contributed by atoms with Crippen LogP contribution in [0.25, 0.3) is 0 Å². The smallest absolute Gasteiger partial charge is 0.190 e. The first-order valence-electron chi connectivity index (χ1n) is 7.55. The molecule has 4 nitrogen and oxygen atoms in total. The quantitative estimate of drug-likeness (QED) is 0.295. The molecule has 0 aliphatic heterocycles. The van der Waals surface area contributed by atoms with Gasteiger partial charge in [-0.15, -0.1) is 24.0 Å². The predicted molar refractivity (Wildman–Crippen MR) is 105 cm³/mol. The highest BCUT2D eigenvalue weighted by molar-refractivity contribution is 14.0. The van der Waals surface area contributed by atoms with Crippen LogP contribution in [0.1, 0.15) is 25.8 Å². The monoisotopic (exact) mass is 419 g/mol. The molecule has 0 saturated heterocycles. The van der Waals surface area contributed by atoms with Crippen LogP contribution in [0.4, 0.5) is 0 Å². The number of benzene rings is 1. The first-order chi connectivity index (χ1) is 10.1. The summed E-state index contributed by atoms with van der Waals surface area (Å²) in [5.74, 6) is 0.854. The predicted octanol–water partition coefficient (Wildman–Crippen LogP) is 3.07. The molecule has 5 heteroatoms. The van der Waals surface area contributed by atoms with E-state index in [0.29, 0.717) is 0 Å². The molecular weight excluding hydrogens is 389 g/mol. The summed E-state index contributed by atoms with van der Waals surface area (Å²) in [7, 11) is 3.52. The van der Waals surface area contributed by atoms with Gasteiger partial charge < -0.3 is 15.4 Å². The largest absolute Gasteiger partial charge is 0.385 e. The van der Waals surface area contributed by atoms with Gasteiger partial charge in [-0.05, 0) is 23.8 Å². The Kier molecular flexibility index (Phi) is 11.3. The Labute approximate surface area is 152 Å². The molecule has 0 bridgehead atoms. The van der Waals surface area contributed by atoms with Crippen LogP contribution in [0, 0.1) is 5.41 Å². The molecule has 0 heterocycles. The molecule has 2 N–H and O–H groups in total. The average molecular weight is 419 g/mol. The van der Waals surface area contributed by atoms with Gasteiger partial charge in [0.1, 0.15) is 0 Å². The number of aliphatic imine (C=N–C) groups is 1. The number of nitrogens with zero attached hydrogens (tertiary/aromatic N) is 1. The zero-order valence-corrected chi connectivity index (χ0v) is 16.5. The highest BCUT2D eigenvalue weighted by atomic mass is 127. The molecule has 1 aromatic carbocycles. The second kappa shape index (κ2) is 11.7. The highest BCUT2D eigenvalue weighted by Gasteiger charge is 2.18. The zero-order chi connectivity index (χ0) is 15.6. The Morgan fingerprint density at radius 1 is 1.18 bits per heavy atom. The maximum absolute atomic E-state index is 5.04. The number of hydrogen-bond donors (Lipinski definition) is 2. The molecule has 0 fully saturated rings. The molecule has 0 saturated carbocycles. The van der Waals surface area contributed by atoms with Gasteiger partial charge in [0.05, 0.1) is 0 Å². The van der Waals surface area contributed by atoms with Crippen LogP contribution >= 0.6 is 24.0 Å². The van der Waals surface area contributed by atoms with Crippen LogP contribution in [-0.2, 0) is 11.2 Å². The molecule has 0 amide bonds. The third-order valence-corrected chi connectivity index (χ3v) is 3.30. The molecule has 1 rings (SSSR count). The molecule has 0 aromatic heterocycles. The van der Waals surface area contributed by atoms with Crippen LogP contribution in [0.2, 0.25) is 0 Å². The number of halogens is 1. The fourth-order valence-electron chi connectivity index (χ4n) is 2.18. The summed E-state index contributed by atoms with van der Waals surface area (Å²) < 4.78 is 5.04. The summed E-state index contributed by atoms with van der Waals surface area (Å²) in [6.07, 6.45) is 2.02. The number of guanidine groups is 1. The van der Waals surface area contributed by atoms with Crippen molar-refractivity contribution in [1.82, 2.24) is 10.6 Å². The second-order valence-corrected chi connectivity index (χ2v) is 6.03. The van der Waals surface area contributed by atoms with Crippen LogP contribution in [-0.4, -0.2) is 39.8 Å². The molecule has 0 spiro atoms. The molecule has 0 aliphatic rings. The van der Waals surface area contributed by atoms with E-state index >= 15 is 0 Å². The normalized spacial score (nSPS) is 11.7. The number of ether oxygens (including phenoxy) is 1. The van der Waals surface area contributed by atoms with Crippen molar-refractivity contribution in [1.29, 1.82) is 0 Å². The van der Waals surface area contributed by atoms with Gasteiger partial charge in [-0.3, -0.25) is 4.99 Å². The lowest BCUT2D eigenvalue weighted by Crippen LogP contribution is -2.43. The van der Waals surface area contributed by atoms with E-state index in [1.165, 1.54) is 5.56 Å². The lowest BCUT2D eigenvalue weighted by atomic mass is 9.86. The van der Waals surface area contributed by atoms with Crippen molar-refractivity contribution in [2.24, 2.45) is 10.4 Å². The van der Waals surface area contributed by atoms with Gasteiger partial charge in [0, 0.05) is 33.9 Å². The number of nitrogens with one attached hydrogen (secondary N) is 2. The minimum absolute atomic E-state index is 0. The molecule has 0 unspecified atom stereocenters. The molecule has 126 valence electrons. The van der Waals surface area contributed by atoms with Gasteiger partial charge in [0.25, 0.3) is 0 Å². The second-order valence-electron chi connectivity index (χ2n) is 6.03. The first kappa shape index (κ1) is 21.2. The molecule has 1 aromatic rings. The van der Waals surface area contributed by atoms with Crippen molar-refractivity contribution in [3.8, 4) is 0 Å². The standard InChI is InChI=1S/C17H29N3O.HI/c1-17(2,13-15-9-6-5-7-10-15)14-20-16(18-3)19-11-8-12-21-4;/h5-7,9-10H,8,11-14H2,1-4H3,(H2,18,19,20);1H. The van der Waals surface area contributed by atoms with E-state index in [2.05, 4.69) is 59.8 Å². The first-order valence-corrected chi connectivity index (χ1v) is 7.55. The minimum atomic E-state index is 0. The van der Waals surface area contributed by atoms with Crippen molar-refractivity contribution in [3.05, 3.63) is 35.9 Å². The number of rotatable bonds is 8. The Morgan fingerprint density at radius 3 is 2.45 bits per heavy atom. The van der Waals surface area contributed by atoms with Crippen LogP contribution in [0.15, 0.2) is 35.3 Å². The summed E-state index contributed by atoms with van der Waals surface area (Å²) in [6.45, 7) is 7.05. The number of methoxy groups -OCH3 is 1. The topological polar surface area (TPSA) is 45.7 Å². The zero-order valence-electron chi connectivity index (χ0n) is 14.2. The molecule has 0 aliphatic carbocycles. The molecule has 0 radical (unpaired) electrons. The van der Waals surface area contributed by atoms with E-state index in [9.17, 15) is 0 Å². The van der Waals surface area contributed by atoms with Gasteiger partial charge in [-0.1, -0.05) is 44.2 Å². The van der Waals surface area contributed by atoms with E-state index in [-0.39, 0.29) is 29.4 Å². The van der Waals surface area contributed by atoms with Crippen molar-refractivity contribution in [3.63, 3.8) is 0 Å². The summed E-state index contributed by atoms with van der Waals surface area (Å²) in [4.78, 5) is 4.25. The van der Waals surface area contributed by atoms with Crippen LogP contribution in [0.3, 0.4) is 0 Å². The Bertz CT molecular complexity index is 421. The summed E-state index contributed by atoms with van der Waals surface area (Å²) in [6, 6.07) is 10.6. The van der Waals surface area contributed by atoms with E-state index < -0.39 is 0 Å².